The summed E-state index contributed by atoms with van der Waals surface area (Å²) in [6.07, 6.45) is 1.52. The number of rotatable bonds is 2. The van der Waals surface area contributed by atoms with Gasteiger partial charge in [0.05, 0.1) is 11.9 Å². The van der Waals surface area contributed by atoms with Crippen LogP contribution in [-0.2, 0) is 0 Å². The molecule has 0 bridgehead atoms. The zero-order chi connectivity index (χ0) is 12.4. The van der Waals surface area contributed by atoms with E-state index in [2.05, 4.69) is 26.2 Å². The Balaban J connectivity index is 2.37. The molecule has 17 heavy (non-hydrogen) atoms. The monoisotopic (exact) mass is 295 g/mol. The molecule has 0 aliphatic rings. The highest BCUT2D eigenvalue weighted by molar-refractivity contribution is 9.10. The standard InChI is InChI=1S/C10H10BrN5O/c1-6-4-7(2-3-8(6)11)16-5-9(14-15-16)10(17)13-12/h2-5H,12H2,1H3,(H,13,17). The summed E-state index contributed by atoms with van der Waals surface area (Å²) in [7, 11) is 0. The van der Waals surface area contributed by atoms with Crippen LogP contribution in [0.1, 0.15) is 16.1 Å². The molecule has 1 heterocycles. The zero-order valence-corrected chi connectivity index (χ0v) is 10.6. The maximum absolute atomic E-state index is 11.2. The Kier molecular flexibility index (Phi) is 3.21. The molecule has 0 fully saturated rings. The smallest absolute Gasteiger partial charge is 0.287 e. The van der Waals surface area contributed by atoms with Gasteiger partial charge in [-0.05, 0) is 30.7 Å². The molecule has 2 rings (SSSR count). The van der Waals surface area contributed by atoms with Crippen LogP contribution in [0.2, 0.25) is 0 Å². The molecule has 2 aromatic rings. The van der Waals surface area contributed by atoms with Crippen molar-refractivity contribution >= 4 is 21.8 Å². The van der Waals surface area contributed by atoms with Gasteiger partial charge >= 0.3 is 0 Å². The lowest BCUT2D eigenvalue weighted by Gasteiger charge is -2.02. The predicted molar refractivity (Wildman–Crippen MR) is 65.4 cm³/mol. The maximum atomic E-state index is 11.2. The summed E-state index contributed by atoms with van der Waals surface area (Å²) in [5.41, 5.74) is 4.08. The molecule has 0 radical (unpaired) electrons. The molecule has 0 saturated carbocycles. The number of nitrogens with two attached hydrogens (primary N) is 1. The van der Waals surface area contributed by atoms with Gasteiger partial charge in [-0.1, -0.05) is 21.1 Å². The van der Waals surface area contributed by atoms with Gasteiger partial charge in [-0.15, -0.1) is 5.10 Å². The second-order valence-electron chi connectivity index (χ2n) is 3.46. The summed E-state index contributed by atoms with van der Waals surface area (Å²) in [6, 6.07) is 5.72. The van der Waals surface area contributed by atoms with Crippen molar-refractivity contribution < 1.29 is 4.79 Å². The van der Waals surface area contributed by atoms with E-state index in [9.17, 15) is 4.79 Å². The molecule has 0 atom stereocenters. The number of hydrogen-bond donors (Lipinski definition) is 2. The number of aryl methyl sites for hydroxylation is 1. The fourth-order valence-corrected chi connectivity index (χ4v) is 1.59. The van der Waals surface area contributed by atoms with E-state index in [4.69, 9.17) is 5.84 Å². The van der Waals surface area contributed by atoms with Crippen molar-refractivity contribution in [2.24, 2.45) is 5.84 Å². The van der Waals surface area contributed by atoms with Crippen LogP contribution in [-0.4, -0.2) is 20.9 Å². The number of hydrazine groups is 1. The van der Waals surface area contributed by atoms with Crippen molar-refractivity contribution in [1.82, 2.24) is 20.4 Å². The molecule has 1 aromatic carbocycles. The van der Waals surface area contributed by atoms with Crippen LogP contribution < -0.4 is 11.3 Å². The van der Waals surface area contributed by atoms with Gasteiger partial charge in [-0.25, -0.2) is 10.5 Å². The molecule has 3 N–H and O–H groups in total. The molecule has 0 unspecified atom stereocenters. The minimum atomic E-state index is -0.468. The minimum absolute atomic E-state index is 0.174. The van der Waals surface area contributed by atoms with Crippen LogP contribution in [0.4, 0.5) is 0 Å². The van der Waals surface area contributed by atoms with Crippen LogP contribution in [0.15, 0.2) is 28.9 Å². The van der Waals surface area contributed by atoms with Gasteiger partial charge in [0.25, 0.3) is 5.91 Å². The van der Waals surface area contributed by atoms with Crippen LogP contribution in [0, 0.1) is 6.92 Å². The van der Waals surface area contributed by atoms with Crippen molar-refractivity contribution in [1.29, 1.82) is 0 Å². The van der Waals surface area contributed by atoms with Crippen molar-refractivity contribution in [2.75, 3.05) is 0 Å². The van der Waals surface area contributed by atoms with Crippen LogP contribution in [0.5, 0.6) is 0 Å². The normalized spacial score (nSPS) is 10.3. The SMILES string of the molecule is Cc1cc(-n2cc(C(=O)NN)nn2)ccc1Br. The number of nitrogen functional groups attached to an aromatic ring is 1. The lowest BCUT2D eigenvalue weighted by molar-refractivity contribution is 0.0948. The summed E-state index contributed by atoms with van der Waals surface area (Å²) >= 11 is 3.42. The highest BCUT2D eigenvalue weighted by Gasteiger charge is 2.10. The number of benzene rings is 1. The first-order chi connectivity index (χ1) is 8.11. The van der Waals surface area contributed by atoms with Gasteiger partial charge in [-0.2, -0.15) is 0 Å². The zero-order valence-electron chi connectivity index (χ0n) is 9.01. The summed E-state index contributed by atoms with van der Waals surface area (Å²) in [5, 5.41) is 7.59. The lowest BCUT2D eigenvalue weighted by atomic mass is 10.2. The third-order valence-electron chi connectivity index (χ3n) is 2.26. The van der Waals surface area contributed by atoms with E-state index in [1.807, 2.05) is 30.5 Å². The van der Waals surface area contributed by atoms with E-state index in [-0.39, 0.29) is 5.69 Å². The average molecular weight is 296 g/mol. The number of nitrogens with one attached hydrogen (secondary N) is 1. The lowest BCUT2D eigenvalue weighted by Crippen LogP contribution is -2.30. The Labute approximate surface area is 106 Å². The molecule has 1 amide bonds. The first kappa shape index (κ1) is 11.7. The Morgan fingerprint density at radius 3 is 2.94 bits per heavy atom. The minimum Gasteiger partial charge on any atom is -0.289 e. The van der Waals surface area contributed by atoms with Gasteiger partial charge in [0.2, 0.25) is 0 Å². The van der Waals surface area contributed by atoms with Crippen molar-refractivity contribution in [3.8, 4) is 5.69 Å². The number of carbonyl (C=O) groups is 1. The summed E-state index contributed by atoms with van der Waals surface area (Å²) < 4.78 is 2.53. The van der Waals surface area contributed by atoms with E-state index in [1.165, 1.54) is 10.9 Å². The second-order valence-corrected chi connectivity index (χ2v) is 4.31. The third kappa shape index (κ3) is 2.34. The average Bonchev–Trinajstić information content (AvgIpc) is 2.81. The molecule has 0 aliphatic heterocycles. The number of nitrogens with zero attached hydrogens (tertiary/aromatic N) is 3. The first-order valence-electron chi connectivity index (χ1n) is 4.81. The Morgan fingerprint density at radius 1 is 1.53 bits per heavy atom. The fourth-order valence-electron chi connectivity index (χ4n) is 1.34. The van der Waals surface area contributed by atoms with E-state index in [0.717, 1.165) is 15.7 Å². The maximum Gasteiger partial charge on any atom is 0.287 e. The topological polar surface area (TPSA) is 85.8 Å². The Bertz CT molecular complexity index is 566. The molecule has 88 valence electrons. The van der Waals surface area contributed by atoms with E-state index in [1.54, 1.807) is 0 Å². The molecule has 0 saturated heterocycles. The predicted octanol–water partition coefficient (Wildman–Crippen LogP) is 0.942. The third-order valence-corrected chi connectivity index (χ3v) is 3.15. The summed E-state index contributed by atoms with van der Waals surface area (Å²) in [6.45, 7) is 1.97. The molecule has 0 aliphatic carbocycles. The highest BCUT2D eigenvalue weighted by atomic mass is 79.9. The van der Waals surface area contributed by atoms with Crippen molar-refractivity contribution in [3.05, 3.63) is 40.1 Å². The quantitative estimate of drug-likeness (QED) is 0.490. The first-order valence-corrected chi connectivity index (χ1v) is 5.61. The van der Waals surface area contributed by atoms with E-state index >= 15 is 0 Å². The molecule has 0 spiro atoms. The summed E-state index contributed by atoms with van der Waals surface area (Å²) in [5.74, 6) is 4.55. The number of halogens is 1. The van der Waals surface area contributed by atoms with Crippen molar-refractivity contribution in [2.45, 2.75) is 6.92 Å². The van der Waals surface area contributed by atoms with Crippen LogP contribution in [0.3, 0.4) is 0 Å². The van der Waals surface area contributed by atoms with Crippen LogP contribution in [0.25, 0.3) is 5.69 Å². The molecular formula is C10H10BrN5O. The fraction of sp³-hybridized carbons (Fsp3) is 0.100. The van der Waals surface area contributed by atoms with Gasteiger partial charge in [0.1, 0.15) is 0 Å². The van der Waals surface area contributed by atoms with E-state index in [0.29, 0.717) is 0 Å². The number of hydrogen-bond acceptors (Lipinski definition) is 4. The highest BCUT2D eigenvalue weighted by Crippen LogP contribution is 2.18. The second kappa shape index (κ2) is 4.64. The summed E-state index contributed by atoms with van der Waals surface area (Å²) in [4.78, 5) is 11.2. The number of aromatic nitrogens is 3. The van der Waals surface area contributed by atoms with Gasteiger partial charge < -0.3 is 0 Å². The molecule has 7 heteroatoms. The van der Waals surface area contributed by atoms with Gasteiger partial charge in [0, 0.05) is 4.47 Å². The van der Waals surface area contributed by atoms with Crippen molar-refractivity contribution in [3.63, 3.8) is 0 Å². The van der Waals surface area contributed by atoms with Gasteiger partial charge in [-0.3, -0.25) is 10.2 Å². The molecule has 1 aromatic heterocycles. The van der Waals surface area contributed by atoms with E-state index < -0.39 is 5.91 Å². The Morgan fingerprint density at radius 2 is 2.29 bits per heavy atom. The largest absolute Gasteiger partial charge is 0.289 e. The molecular weight excluding hydrogens is 286 g/mol. The van der Waals surface area contributed by atoms with Crippen LogP contribution >= 0.6 is 15.9 Å². The Hall–Kier alpha value is -1.73. The molecule has 6 nitrogen and oxygen atoms in total. The number of carbonyl (C=O) groups excluding carboxylic acids is 1. The van der Waals surface area contributed by atoms with Gasteiger partial charge in [0.15, 0.2) is 5.69 Å². The number of amides is 1.